The number of rotatable bonds is 3. The van der Waals surface area contributed by atoms with E-state index in [0.717, 1.165) is 6.07 Å². The van der Waals surface area contributed by atoms with Crippen LogP contribution in [-0.2, 0) is 0 Å². The topological polar surface area (TPSA) is 55.5 Å². The molecule has 0 aliphatic rings. The van der Waals surface area contributed by atoms with Gasteiger partial charge in [-0.05, 0) is 13.0 Å². The third kappa shape index (κ3) is 2.43. The second-order valence-corrected chi connectivity index (χ2v) is 3.31. The minimum atomic E-state index is -1.16. The van der Waals surface area contributed by atoms with Crippen molar-refractivity contribution in [2.45, 2.75) is 19.1 Å². The first-order valence-electron chi connectivity index (χ1n) is 4.44. The van der Waals surface area contributed by atoms with Crippen molar-refractivity contribution in [3.63, 3.8) is 0 Å². The fourth-order valence-electron chi connectivity index (χ4n) is 1.30. The highest BCUT2D eigenvalue weighted by Gasteiger charge is 2.21. The molecule has 0 aliphatic carbocycles. The van der Waals surface area contributed by atoms with Crippen LogP contribution in [0, 0.1) is 11.6 Å². The molecule has 0 aliphatic heterocycles. The molecule has 0 radical (unpaired) electrons. The Kier molecular flexibility index (Phi) is 3.60. The maximum Gasteiger partial charge on any atom is 0.168 e. The quantitative estimate of drug-likeness (QED) is 0.803. The van der Waals surface area contributed by atoms with E-state index in [4.69, 9.17) is 10.5 Å². The average Bonchev–Trinajstić information content (AvgIpc) is 2.15. The van der Waals surface area contributed by atoms with Crippen LogP contribution in [0.25, 0.3) is 0 Å². The van der Waals surface area contributed by atoms with Gasteiger partial charge in [0.2, 0.25) is 0 Å². The van der Waals surface area contributed by atoms with Crippen molar-refractivity contribution >= 4 is 0 Å². The van der Waals surface area contributed by atoms with Gasteiger partial charge < -0.3 is 15.6 Å². The van der Waals surface area contributed by atoms with E-state index in [9.17, 15) is 13.9 Å². The number of aliphatic hydroxyl groups excluding tert-OH is 1. The highest BCUT2D eigenvalue weighted by molar-refractivity contribution is 5.37. The normalized spacial score (nSPS) is 14.8. The molecule has 0 saturated carbocycles. The Labute approximate surface area is 86.5 Å². The van der Waals surface area contributed by atoms with Gasteiger partial charge in [-0.3, -0.25) is 0 Å². The Bertz CT molecular complexity index is 356. The van der Waals surface area contributed by atoms with Gasteiger partial charge >= 0.3 is 0 Å². The van der Waals surface area contributed by atoms with Crippen LogP contribution < -0.4 is 10.5 Å². The Morgan fingerprint density at radius 1 is 1.40 bits per heavy atom. The molecule has 15 heavy (non-hydrogen) atoms. The fourth-order valence-corrected chi connectivity index (χ4v) is 1.30. The van der Waals surface area contributed by atoms with E-state index in [1.165, 1.54) is 14.0 Å². The third-order valence-electron chi connectivity index (χ3n) is 2.06. The summed E-state index contributed by atoms with van der Waals surface area (Å²) in [7, 11) is 1.24. The van der Waals surface area contributed by atoms with E-state index in [-0.39, 0.29) is 11.3 Å². The van der Waals surface area contributed by atoms with Gasteiger partial charge in [-0.1, -0.05) is 0 Å². The number of benzene rings is 1. The predicted octanol–water partition coefficient (Wildman–Crippen LogP) is 1.35. The van der Waals surface area contributed by atoms with Gasteiger partial charge in [0.1, 0.15) is 5.82 Å². The lowest BCUT2D eigenvalue weighted by molar-refractivity contribution is 0.148. The molecule has 2 unspecified atom stereocenters. The zero-order valence-corrected chi connectivity index (χ0v) is 8.50. The summed E-state index contributed by atoms with van der Waals surface area (Å²) in [5.74, 6) is -1.81. The first-order chi connectivity index (χ1) is 6.97. The summed E-state index contributed by atoms with van der Waals surface area (Å²) in [5, 5.41) is 9.62. The maximum absolute atomic E-state index is 13.2. The lowest BCUT2D eigenvalue weighted by Gasteiger charge is -2.18. The Morgan fingerprint density at radius 3 is 2.47 bits per heavy atom. The zero-order valence-electron chi connectivity index (χ0n) is 8.50. The number of hydrogen-bond acceptors (Lipinski definition) is 3. The minimum absolute atomic E-state index is 0.0185. The maximum atomic E-state index is 13.2. The summed E-state index contributed by atoms with van der Waals surface area (Å²) in [6, 6.07) is 1.06. The van der Waals surface area contributed by atoms with Gasteiger partial charge in [0.05, 0.1) is 13.2 Å². The molecular formula is C10H13F2NO2. The molecule has 0 saturated heterocycles. The van der Waals surface area contributed by atoms with Crippen LogP contribution in [0.1, 0.15) is 18.6 Å². The molecule has 1 rings (SSSR count). The van der Waals surface area contributed by atoms with E-state index in [1.54, 1.807) is 0 Å². The molecule has 1 aromatic rings. The number of halogens is 2. The van der Waals surface area contributed by atoms with Crippen molar-refractivity contribution in [2.24, 2.45) is 5.73 Å². The van der Waals surface area contributed by atoms with Gasteiger partial charge in [-0.25, -0.2) is 8.78 Å². The van der Waals surface area contributed by atoms with Crippen LogP contribution in [0.5, 0.6) is 5.75 Å². The standard InChI is InChI=1S/C10H13F2NO2/c1-5(13)9(14)7-3-6(11)4-8(12)10(7)15-2/h3-5,9,14H,13H2,1-2H3. The van der Waals surface area contributed by atoms with Crippen LogP contribution >= 0.6 is 0 Å². The number of aliphatic hydroxyl groups is 1. The van der Waals surface area contributed by atoms with E-state index in [0.29, 0.717) is 6.07 Å². The molecule has 0 fully saturated rings. The molecule has 0 aromatic heterocycles. The summed E-state index contributed by atoms with van der Waals surface area (Å²) in [6.07, 6.45) is -1.16. The van der Waals surface area contributed by atoms with Crippen molar-refractivity contribution in [1.29, 1.82) is 0 Å². The molecule has 5 heteroatoms. The monoisotopic (exact) mass is 217 g/mol. The fraction of sp³-hybridized carbons (Fsp3) is 0.400. The van der Waals surface area contributed by atoms with E-state index in [1.807, 2.05) is 0 Å². The Hall–Kier alpha value is -1.20. The molecule has 84 valence electrons. The van der Waals surface area contributed by atoms with E-state index < -0.39 is 23.8 Å². The van der Waals surface area contributed by atoms with Gasteiger partial charge in [-0.2, -0.15) is 0 Å². The van der Waals surface area contributed by atoms with Crippen molar-refractivity contribution in [3.8, 4) is 5.75 Å². The molecule has 0 amide bonds. The van der Waals surface area contributed by atoms with Gasteiger partial charge in [-0.15, -0.1) is 0 Å². The molecule has 1 aromatic carbocycles. The van der Waals surface area contributed by atoms with Crippen molar-refractivity contribution in [2.75, 3.05) is 7.11 Å². The third-order valence-corrected chi connectivity index (χ3v) is 2.06. The zero-order chi connectivity index (χ0) is 11.6. The highest BCUT2D eigenvalue weighted by Crippen LogP contribution is 2.30. The van der Waals surface area contributed by atoms with Crippen molar-refractivity contribution in [3.05, 3.63) is 29.3 Å². The molecule has 3 nitrogen and oxygen atoms in total. The van der Waals surface area contributed by atoms with Gasteiger partial charge in [0.15, 0.2) is 11.6 Å². The SMILES string of the molecule is COc1c(F)cc(F)cc1C(O)C(C)N. The molecule has 0 spiro atoms. The first-order valence-corrected chi connectivity index (χ1v) is 4.44. The van der Waals surface area contributed by atoms with E-state index in [2.05, 4.69) is 0 Å². The lowest BCUT2D eigenvalue weighted by Crippen LogP contribution is -2.25. The largest absolute Gasteiger partial charge is 0.493 e. The van der Waals surface area contributed by atoms with Crippen LogP contribution in [0.2, 0.25) is 0 Å². The van der Waals surface area contributed by atoms with Crippen LogP contribution in [-0.4, -0.2) is 18.3 Å². The summed E-state index contributed by atoms with van der Waals surface area (Å²) >= 11 is 0. The van der Waals surface area contributed by atoms with Crippen LogP contribution in [0.4, 0.5) is 8.78 Å². The minimum Gasteiger partial charge on any atom is -0.493 e. The number of ether oxygens (including phenoxy) is 1. The van der Waals surface area contributed by atoms with Gasteiger partial charge in [0, 0.05) is 17.7 Å². The number of methoxy groups -OCH3 is 1. The summed E-state index contributed by atoms with van der Waals surface area (Å²) in [6.45, 7) is 1.53. The average molecular weight is 217 g/mol. The second-order valence-electron chi connectivity index (χ2n) is 3.31. The smallest absolute Gasteiger partial charge is 0.168 e. The molecular weight excluding hydrogens is 204 g/mol. The Balaban J connectivity index is 3.26. The van der Waals surface area contributed by atoms with E-state index >= 15 is 0 Å². The lowest BCUT2D eigenvalue weighted by atomic mass is 10.0. The summed E-state index contributed by atoms with van der Waals surface area (Å²) < 4.78 is 30.9. The molecule has 0 bridgehead atoms. The van der Waals surface area contributed by atoms with Crippen molar-refractivity contribution in [1.82, 2.24) is 0 Å². The molecule has 3 N–H and O–H groups in total. The Morgan fingerprint density at radius 2 is 2.00 bits per heavy atom. The first kappa shape index (κ1) is 11.9. The summed E-state index contributed by atoms with van der Waals surface area (Å²) in [5.41, 5.74) is 5.46. The highest BCUT2D eigenvalue weighted by atomic mass is 19.1. The van der Waals surface area contributed by atoms with Gasteiger partial charge in [0.25, 0.3) is 0 Å². The number of hydrogen-bond donors (Lipinski definition) is 2. The molecule has 2 atom stereocenters. The number of nitrogens with two attached hydrogens (primary N) is 1. The summed E-state index contributed by atoms with van der Waals surface area (Å²) in [4.78, 5) is 0. The van der Waals surface area contributed by atoms with Crippen LogP contribution in [0.15, 0.2) is 12.1 Å². The second kappa shape index (κ2) is 4.55. The van der Waals surface area contributed by atoms with Crippen LogP contribution in [0.3, 0.4) is 0 Å². The predicted molar refractivity (Wildman–Crippen MR) is 51.5 cm³/mol. The molecule has 0 heterocycles. The van der Waals surface area contributed by atoms with Crippen molar-refractivity contribution < 1.29 is 18.6 Å².